The molecule has 0 aliphatic carbocycles. The fourth-order valence-corrected chi connectivity index (χ4v) is 2.92. The first kappa shape index (κ1) is 23.5. The molecule has 0 aliphatic rings. The topological polar surface area (TPSA) is 50.1 Å². The van der Waals surface area contributed by atoms with Crippen molar-refractivity contribution in [3.05, 3.63) is 12.3 Å². The Bertz CT molecular complexity index is 241. The van der Waals surface area contributed by atoms with E-state index in [1.54, 1.807) is 0 Å². The van der Waals surface area contributed by atoms with Crippen LogP contribution in [-0.4, -0.2) is 26.2 Å². The Hall–Kier alpha value is -0.540. The summed E-state index contributed by atoms with van der Waals surface area (Å²) in [5.41, 5.74) is 5.41. The summed E-state index contributed by atoms with van der Waals surface area (Å²) in [7, 11) is 0. The fourth-order valence-electron chi connectivity index (χ4n) is 2.92. The highest BCUT2D eigenvalue weighted by atomic mass is 14.9. The summed E-state index contributed by atoms with van der Waals surface area (Å²) in [5.74, 6) is 0. The van der Waals surface area contributed by atoms with Crippen LogP contribution in [0.4, 0.5) is 0 Å². The van der Waals surface area contributed by atoms with Crippen LogP contribution in [0.2, 0.25) is 0 Å². The van der Waals surface area contributed by atoms with Crippen molar-refractivity contribution in [3.8, 4) is 0 Å². The molecule has 4 N–H and O–H groups in total. The van der Waals surface area contributed by atoms with Crippen molar-refractivity contribution in [3.63, 3.8) is 0 Å². The van der Waals surface area contributed by atoms with Crippen molar-refractivity contribution in [2.45, 2.75) is 96.8 Å². The Labute approximate surface area is 152 Å². The van der Waals surface area contributed by atoms with Gasteiger partial charge in [-0.05, 0) is 19.0 Å². The van der Waals surface area contributed by atoms with Crippen molar-refractivity contribution >= 4 is 0 Å². The molecule has 0 fully saturated rings. The van der Waals surface area contributed by atoms with Gasteiger partial charge in [-0.3, -0.25) is 0 Å². The van der Waals surface area contributed by atoms with Gasteiger partial charge >= 0.3 is 0 Å². The van der Waals surface area contributed by atoms with Crippen LogP contribution in [0.15, 0.2) is 12.3 Å². The van der Waals surface area contributed by atoms with Gasteiger partial charge in [0.2, 0.25) is 0 Å². The molecule has 0 radical (unpaired) electrons. The maximum atomic E-state index is 5.41. The third kappa shape index (κ3) is 21.5. The molecule has 0 aromatic heterocycles. The summed E-state index contributed by atoms with van der Waals surface area (Å²) in [4.78, 5) is 0. The number of nitrogens with one attached hydrogen (secondary N) is 2. The van der Waals surface area contributed by atoms with E-state index in [1.807, 2.05) is 0 Å². The van der Waals surface area contributed by atoms with Crippen LogP contribution in [0, 0.1) is 0 Å². The van der Waals surface area contributed by atoms with Gasteiger partial charge in [0.25, 0.3) is 0 Å². The zero-order valence-corrected chi connectivity index (χ0v) is 16.5. The smallest absolute Gasteiger partial charge is 0.0266 e. The van der Waals surface area contributed by atoms with Gasteiger partial charge in [0.15, 0.2) is 0 Å². The van der Waals surface area contributed by atoms with Gasteiger partial charge in [-0.2, -0.15) is 0 Å². The predicted octanol–water partition coefficient (Wildman–Crippen LogP) is 5.12. The standard InChI is InChI=1S/C21H45N3/c1-2-3-4-5-6-7-8-9-10-11-12-13-14-15-16-18-23-20-21-24-19-17-22/h16,18,23-24H,2-15,17,19-22H2,1H3. The second-order valence-corrected chi connectivity index (χ2v) is 6.93. The largest absolute Gasteiger partial charge is 0.390 e. The van der Waals surface area contributed by atoms with E-state index in [0.717, 1.165) is 26.2 Å². The van der Waals surface area contributed by atoms with Gasteiger partial charge in [-0.15, -0.1) is 0 Å². The number of hydrogen-bond donors (Lipinski definition) is 3. The number of nitrogens with two attached hydrogens (primary N) is 1. The van der Waals surface area contributed by atoms with E-state index in [2.05, 4.69) is 29.8 Å². The van der Waals surface area contributed by atoms with Gasteiger partial charge in [0.1, 0.15) is 0 Å². The molecule has 144 valence electrons. The number of unbranched alkanes of at least 4 members (excludes halogenated alkanes) is 13. The molecular formula is C21H45N3. The summed E-state index contributed by atoms with van der Waals surface area (Å²) in [6.45, 7) is 5.88. The molecule has 3 nitrogen and oxygen atoms in total. The first-order chi connectivity index (χ1) is 11.9. The molecule has 0 aromatic rings. The summed E-state index contributed by atoms with van der Waals surface area (Å²) >= 11 is 0. The van der Waals surface area contributed by atoms with E-state index < -0.39 is 0 Å². The second-order valence-electron chi connectivity index (χ2n) is 6.93. The quantitative estimate of drug-likeness (QED) is 0.270. The summed E-state index contributed by atoms with van der Waals surface area (Å²) in [5, 5.41) is 6.58. The minimum absolute atomic E-state index is 0.717. The molecule has 0 amide bonds. The second kappa shape index (κ2) is 22.5. The third-order valence-corrected chi connectivity index (χ3v) is 4.48. The highest BCUT2D eigenvalue weighted by molar-refractivity contribution is 4.79. The lowest BCUT2D eigenvalue weighted by Gasteiger charge is -2.03. The van der Waals surface area contributed by atoms with Gasteiger partial charge in [-0.25, -0.2) is 0 Å². The Morgan fingerprint density at radius 1 is 0.667 bits per heavy atom. The van der Waals surface area contributed by atoms with Crippen molar-refractivity contribution < 1.29 is 0 Å². The van der Waals surface area contributed by atoms with E-state index in [9.17, 15) is 0 Å². The minimum atomic E-state index is 0.717. The Kier molecular flexibility index (Phi) is 22.0. The Morgan fingerprint density at radius 3 is 1.75 bits per heavy atom. The molecule has 0 saturated carbocycles. The molecule has 3 heteroatoms. The summed E-state index contributed by atoms with van der Waals surface area (Å²) in [6.07, 6.45) is 24.1. The van der Waals surface area contributed by atoms with E-state index in [0.29, 0.717) is 0 Å². The first-order valence-electron chi connectivity index (χ1n) is 10.7. The van der Waals surface area contributed by atoms with Crippen LogP contribution in [-0.2, 0) is 0 Å². The summed E-state index contributed by atoms with van der Waals surface area (Å²) in [6, 6.07) is 0. The summed E-state index contributed by atoms with van der Waals surface area (Å²) < 4.78 is 0. The lowest BCUT2D eigenvalue weighted by atomic mass is 10.0. The molecule has 0 aromatic carbocycles. The van der Waals surface area contributed by atoms with Crippen molar-refractivity contribution in [1.82, 2.24) is 10.6 Å². The SMILES string of the molecule is CCCCCCCCCCCCCCCC=CNCCNCCN. The predicted molar refractivity (Wildman–Crippen MR) is 109 cm³/mol. The van der Waals surface area contributed by atoms with E-state index in [-0.39, 0.29) is 0 Å². The minimum Gasteiger partial charge on any atom is -0.390 e. The van der Waals surface area contributed by atoms with Crippen LogP contribution in [0.25, 0.3) is 0 Å². The molecule has 0 spiro atoms. The van der Waals surface area contributed by atoms with Crippen molar-refractivity contribution in [2.24, 2.45) is 5.73 Å². The van der Waals surface area contributed by atoms with Gasteiger partial charge in [-0.1, -0.05) is 90.0 Å². The fraction of sp³-hybridized carbons (Fsp3) is 0.905. The van der Waals surface area contributed by atoms with E-state index in [4.69, 9.17) is 5.73 Å². The van der Waals surface area contributed by atoms with Crippen LogP contribution in [0.5, 0.6) is 0 Å². The maximum Gasteiger partial charge on any atom is 0.0266 e. The number of rotatable bonds is 20. The van der Waals surface area contributed by atoms with Crippen LogP contribution in [0.3, 0.4) is 0 Å². The average molecular weight is 340 g/mol. The number of allylic oxidation sites excluding steroid dienone is 1. The Morgan fingerprint density at radius 2 is 1.21 bits per heavy atom. The molecule has 0 atom stereocenters. The number of hydrogen-bond acceptors (Lipinski definition) is 3. The van der Waals surface area contributed by atoms with Crippen LogP contribution >= 0.6 is 0 Å². The van der Waals surface area contributed by atoms with E-state index >= 15 is 0 Å². The van der Waals surface area contributed by atoms with Gasteiger partial charge < -0.3 is 16.4 Å². The molecule has 0 saturated heterocycles. The van der Waals surface area contributed by atoms with E-state index in [1.165, 1.54) is 89.9 Å². The monoisotopic (exact) mass is 339 g/mol. The molecule has 24 heavy (non-hydrogen) atoms. The molecule has 0 heterocycles. The molecular weight excluding hydrogens is 294 g/mol. The lowest BCUT2D eigenvalue weighted by molar-refractivity contribution is 0.540. The third-order valence-electron chi connectivity index (χ3n) is 4.48. The van der Waals surface area contributed by atoms with Crippen LogP contribution < -0.4 is 16.4 Å². The zero-order chi connectivity index (χ0) is 17.6. The molecule has 0 aliphatic heterocycles. The normalized spacial score (nSPS) is 11.4. The average Bonchev–Trinajstić information content (AvgIpc) is 2.60. The van der Waals surface area contributed by atoms with Crippen molar-refractivity contribution in [2.75, 3.05) is 26.2 Å². The molecule has 0 bridgehead atoms. The lowest BCUT2D eigenvalue weighted by Crippen LogP contribution is -2.28. The van der Waals surface area contributed by atoms with Gasteiger partial charge in [0.05, 0.1) is 0 Å². The van der Waals surface area contributed by atoms with Gasteiger partial charge in [0, 0.05) is 26.2 Å². The highest BCUT2D eigenvalue weighted by Crippen LogP contribution is 2.12. The molecule has 0 unspecified atom stereocenters. The van der Waals surface area contributed by atoms with Crippen LogP contribution in [0.1, 0.15) is 96.8 Å². The first-order valence-corrected chi connectivity index (χ1v) is 10.7. The maximum absolute atomic E-state index is 5.41. The highest BCUT2D eigenvalue weighted by Gasteiger charge is 1.93. The van der Waals surface area contributed by atoms with Crippen molar-refractivity contribution in [1.29, 1.82) is 0 Å². The Balaban J connectivity index is 3.02. The molecule has 0 rings (SSSR count). The zero-order valence-electron chi connectivity index (χ0n) is 16.5.